The second-order valence-electron chi connectivity index (χ2n) is 3.28. The van der Waals surface area contributed by atoms with Gasteiger partial charge in [0.05, 0.1) is 4.47 Å². The van der Waals surface area contributed by atoms with Crippen LogP contribution in [-0.2, 0) is 9.53 Å². The summed E-state index contributed by atoms with van der Waals surface area (Å²) in [7, 11) is 0. The number of ether oxygens (including phenoxy) is 1. The summed E-state index contributed by atoms with van der Waals surface area (Å²) in [5, 5.41) is 2.67. The van der Waals surface area contributed by atoms with Crippen LogP contribution >= 0.6 is 15.9 Å². The molecule has 80 valence electrons. The van der Waals surface area contributed by atoms with Crippen LogP contribution in [0, 0.1) is 5.82 Å². The first-order valence-electron chi connectivity index (χ1n) is 4.50. The predicted octanol–water partition coefficient (Wildman–Crippen LogP) is 1.78. The molecule has 0 aliphatic carbocycles. The maximum Gasteiger partial charge on any atom is 0.246 e. The molecule has 0 aromatic heterocycles. The van der Waals surface area contributed by atoms with Crippen LogP contribution in [0.15, 0.2) is 22.7 Å². The third kappa shape index (κ3) is 2.35. The Bertz CT molecular complexity index is 387. The summed E-state index contributed by atoms with van der Waals surface area (Å²) >= 11 is 3.08. The minimum Gasteiger partial charge on any atom is -0.362 e. The number of morpholine rings is 1. The molecule has 1 aromatic rings. The average molecular weight is 274 g/mol. The normalized spacial score (nSPS) is 21.2. The third-order valence-corrected chi connectivity index (χ3v) is 2.86. The average Bonchev–Trinajstić information content (AvgIpc) is 2.23. The molecule has 1 aliphatic heterocycles. The topological polar surface area (TPSA) is 38.3 Å². The summed E-state index contributed by atoms with van der Waals surface area (Å²) in [6.07, 6.45) is -0.259. The summed E-state index contributed by atoms with van der Waals surface area (Å²) in [5.74, 6) is -0.461. The molecule has 1 aromatic carbocycles. The molecule has 15 heavy (non-hydrogen) atoms. The van der Waals surface area contributed by atoms with Gasteiger partial charge in [-0.25, -0.2) is 4.39 Å². The molecular formula is C10H9BrFNO2. The van der Waals surface area contributed by atoms with Crippen LogP contribution in [0.4, 0.5) is 4.39 Å². The van der Waals surface area contributed by atoms with Crippen LogP contribution in [0.5, 0.6) is 0 Å². The zero-order valence-corrected chi connectivity index (χ0v) is 9.38. The molecule has 1 amide bonds. The van der Waals surface area contributed by atoms with Crippen molar-refractivity contribution in [1.82, 2.24) is 5.32 Å². The lowest BCUT2D eigenvalue weighted by Crippen LogP contribution is -2.38. The summed E-state index contributed by atoms with van der Waals surface area (Å²) in [6.45, 7) is 0.419. The van der Waals surface area contributed by atoms with Gasteiger partial charge in [-0.05, 0) is 33.6 Å². The van der Waals surface area contributed by atoms with E-state index in [-0.39, 0.29) is 24.4 Å². The first-order chi connectivity index (χ1) is 7.16. The van der Waals surface area contributed by atoms with Crippen molar-refractivity contribution in [1.29, 1.82) is 0 Å². The molecule has 1 saturated heterocycles. The van der Waals surface area contributed by atoms with E-state index in [4.69, 9.17) is 4.74 Å². The first kappa shape index (κ1) is 10.6. The van der Waals surface area contributed by atoms with E-state index in [1.165, 1.54) is 6.07 Å². The Morgan fingerprint density at radius 1 is 1.53 bits per heavy atom. The Kier molecular flexibility index (Phi) is 3.02. The Labute approximate surface area is 94.7 Å². The van der Waals surface area contributed by atoms with Crippen LogP contribution in [0.1, 0.15) is 11.7 Å². The lowest BCUT2D eigenvalue weighted by atomic mass is 10.1. The quantitative estimate of drug-likeness (QED) is 0.847. The van der Waals surface area contributed by atoms with Crippen LogP contribution in [0.2, 0.25) is 0 Å². The zero-order valence-electron chi connectivity index (χ0n) is 7.80. The largest absolute Gasteiger partial charge is 0.362 e. The molecule has 0 spiro atoms. The lowest BCUT2D eigenvalue weighted by molar-refractivity contribution is -0.133. The van der Waals surface area contributed by atoms with Gasteiger partial charge in [0.25, 0.3) is 0 Å². The number of carbonyl (C=O) groups excluding carboxylic acids is 1. The van der Waals surface area contributed by atoms with Crippen LogP contribution in [0.25, 0.3) is 0 Å². The van der Waals surface area contributed by atoms with E-state index in [2.05, 4.69) is 21.2 Å². The highest BCUT2D eigenvalue weighted by Crippen LogP contribution is 2.23. The van der Waals surface area contributed by atoms with Gasteiger partial charge in [-0.2, -0.15) is 0 Å². The number of halogens is 2. The number of amides is 1. The molecule has 0 unspecified atom stereocenters. The monoisotopic (exact) mass is 273 g/mol. The predicted molar refractivity (Wildman–Crippen MR) is 55.8 cm³/mol. The van der Waals surface area contributed by atoms with Crippen LogP contribution in [-0.4, -0.2) is 19.1 Å². The van der Waals surface area contributed by atoms with E-state index < -0.39 is 0 Å². The fourth-order valence-electron chi connectivity index (χ4n) is 1.42. The third-order valence-electron chi connectivity index (χ3n) is 2.22. The molecule has 1 N–H and O–H groups in total. The van der Waals surface area contributed by atoms with E-state index in [1.807, 2.05) is 0 Å². The molecule has 1 atom stereocenters. The minimum absolute atomic E-state index is 0.0301. The first-order valence-corrected chi connectivity index (χ1v) is 5.29. The highest BCUT2D eigenvalue weighted by Gasteiger charge is 2.20. The van der Waals surface area contributed by atoms with Gasteiger partial charge >= 0.3 is 0 Å². The molecule has 3 nitrogen and oxygen atoms in total. The molecule has 1 fully saturated rings. The number of rotatable bonds is 1. The van der Waals surface area contributed by atoms with Crippen molar-refractivity contribution in [2.45, 2.75) is 6.10 Å². The molecule has 0 saturated carbocycles. The Morgan fingerprint density at radius 2 is 2.33 bits per heavy atom. The second kappa shape index (κ2) is 4.28. The van der Waals surface area contributed by atoms with E-state index >= 15 is 0 Å². The van der Waals surface area contributed by atoms with Gasteiger partial charge in [0, 0.05) is 6.54 Å². The van der Waals surface area contributed by atoms with Gasteiger partial charge < -0.3 is 10.1 Å². The SMILES string of the molecule is O=C1CO[C@H](c2ccc(Br)c(F)c2)CN1. The summed E-state index contributed by atoms with van der Waals surface area (Å²) in [4.78, 5) is 10.8. The maximum absolute atomic E-state index is 13.2. The summed E-state index contributed by atoms with van der Waals surface area (Å²) in [6, 6.07) is 4.81. The van der Waals surface area contributed by atoms with Crippen LogP contribution < -0.4 is 5.32 Å². The fourth-order valence-corrected chi connectivity index (χ4v) is 1.67. The zero-order chi connectivity index (χ0) is 10.8. The van der Waals surface area contributed by atoms with Crippen molar-refractivity contribution in [2.75, 3.05) is 13.2 Å². The Morgan fingerprint density at radius 3 is 2.93 bits per heavy atom. The van der Waals surface area contributed by atoms with Crippen molar-refractivity contribution in [3.63, 3.8) is 0 Å². The van der Waals surface area contributed by atoms with Gasteiger partial charge in [-0.3, -0.25) is 4.79 Å². The number of nitrogens with one attached hydrogen (secondary N) is 1. The van der Waals surface area contributed by atoms with E-state index in [0.717, 1.165) is 5.56 Å². The standard InChI is InChI=1S/C10H9BrFNO2/c11-7-2-1-6(3-8(7)12)9-4-13-10(14)5-15-9/h1-3,9H,4-5H2,(H,13,14)/t9-/m0/s1. The number of benzene rings is 1. The molecule has 1 heterocycles. The Balaban J connectivity index is 2.16. The smallest absolute Gasteiger partial charge is 0.246 e. The second-order valence-corrected chi connectivity index (χ2v) is 4.13. The molecule has 5 heteroatoms. The number of hydrogen-bond acceptors (Lipinski definition) is 2. The van der Waals surface area contributed by atoms with Crippen molar-refractivity contribution in [2.24, 2.45) is 0 Å². The van der Waals surface area contributed by atoms with Gasteiger partial charge in [0.2, 0.25) is 5.91 Å². The Hall–Kier alpha value is -0.940. The van der Waals surface area contributed by atoms with Gasteiger partial charge in [-0.15, -0.1) is 0 Å². The highest BCUT2D eigenvalue weighted by atomic mass is 79.9. The molecule has 0 bridgehead atoms. The van der Waals surface area contributed by atoms with Crippen molar-refractivity contribution in [3.05, 3.63) is 34.1 Å². The van der Waals surface area contributed by atoms with E-state index in [0.29, 0.717) is 11.0 Å². The fraction of sp³-hybridized carbons (Fsp3) is 0.300. The number of hydrogen-bond donors (Lipinski definition) is 1. The lowest BCUT2D eigenvalue weighted by Gasteiger charge is -2.23. The van der Waals surface area contributed by atoms with Gasteiger partial charge in [0.15, 0.2) is 0 Å². The van der Waals surface area contributed by atoms with Gasteiger partial charge in [-0.1, -0.05) is 6.07 Å². The summed E-state index contributed by atoms with van der Waals surface area (Å²) < 4.78 is 18.9. The van der Waals surface area contributed by atoms with Crippen LogP contribution in [0.3, 0.4) is 0 Å². The molecular weight excluding hydrogens is 265 g/mol. The maximum atomic E-state index is 13.2. The minimum atomic E-state index is -0.326. The highest BCUT2D eigenvalue weighted by molar-refractivity contribution is 9.10. The van der Waals surface area contributed by atoms with E-state index in [9.17, 15) is 9.18 Å². The van der Waals surface area contributed by atoms with Crippen molar-refractivity contribution < 1.29 is 13.9 Å². The molecule has 1 aliphatic rings. The van der Waals surface area contributed by atoms with Crippen molar-refractivity contribution >= 4 is 21.8 Å². The summed E-state index contributed by atoms with van der Waals surface area (Å²) in [5.41, 5.74) is 0.732. The van der Waals surface area contributed by atoms with Crippen molar-refractivity contribution in [3.8, 4) is 0 Å². The van der Waals surface area contributed by atoms with Gasteiger partial charge in [0.1, 0.15) is 18.5 Å². The number of carbonyl (C=O) groups is 1. The molecule has 0 radical (unpaired) electrons. The van der Waals surface area contributed by atoms with E-state index in [1.54, 1.807) is 12.1 Å². The molecule has 2 rings (SSSR count).